The number of aryl methyl sites for hydroxylation is 2. The summed E-state index contributed by atoms with van der Waals surface area (Å²) in [4.78, 5) is 14.1. The van der Waals surface area contributed by atoms with E-state index in [4.69, 9.17) is 9.47 Å². The second-order valence-corrected chi connectivity index (χ2v) is 7.41. The van der Waals surface area contributed by atoms with Gasteiger partial charge in [-0.15, -0.1) is 11.8 Å². The van der Waals surface area contributed by atoms with Crippen LogP contribution in [0.15, 0.2) is 36.4 Å². The van der Waals surface area contributed by atoms with Crippen LogP contribution in [-0.2, 0) is 17.1 Å². The number of nitrogens with zero attached hydrogens (tertiary/aromatic N) is 1. The number of benzene rings is 2. The third-order valence-corrected chi connectivity index (χ3v) is 5.06. The Balaban J connectivity index is 1.87. The van der Waals surface area contributed by atoms with E-state index in [0.29, 0.717) is 23.8 Å². The molecule has 0 aromatic heterocycles. The topological polar surface area (TPSA) is 38.8 Å². The fourth-order valence-electron chi connectivity index (χ4n) is 2.86. The van der Waals surface area contributed by atoms with Gasteiger partial charge in [-0.25, -0.2) is 0 Å². The molecule has 0 spiro atoms. The van der Waals surface area contributed by atoms with Crippen molar-refractivity contribution in [2.24, 2.45) is 0 Å². The van der Waals surface area contributed by atoms with E-state index >= 15 is 0 Å². The van der Waals surface area contributed by atoms with Gasteiger partial charge in [-0.2, -0.15) is 0 Å². The zero-order valence-corrected chi connectivity index (χ0v) is 17.0. The van der Waals surface area contributed by atoms with Gasteiger partial charge in [0, 0.05) is 19.3 Å². The van der Waals surface area contributed by atoms with Crippen LogP contribution < -0.4 is 9.47 Å². The largest absolute Gasteiger partial charge is 0.493 e. The first-order valence-electron chi connectivity index (χ1n) is 8.52. The van der Waals surface area contributed by atoms with Crippen molar-refractivity contribution in [3.63, 3.8) is 0 Å². The number of hydrogen-bond acceptors (Lipinski definition) is 4. The Morgan fingerprint density at radius 3 is 2.23 bits per heavy atom. The minimum absolute atomic E-state index is 0.120. The van der Waals surface area contributed by atoms with Gasteiger partial charge in [0.05, 0.1) is 20.0 Å². The van der Waals surface area contributed by atoms with Gasteiger partial charge in [0.1, 0.15) is 0 Å². The maximum Gasteiger partial charge on any atom is 0.232 e. The monoisotopic (exact) mass is 373 g/mol. The normalized spacial score (nSPS) is 10.5. The summed E-state index contributed by atoms with van der Waals surface area (Å²) < 4.78 is 10.6. The Hall–Kier alpha value is -2.14. The molecule has 0 saturated heterocycles. The van der Waals surface area contributed by atoms with E-state index in [0.717, 1.165) is 11.3 Å². The van der Waals surface area contributed by atoms with Crippen molar-refractivity contribution in [1.29, 1.82) is 0 Å². The van der Waals surface area contributed by atoms with Crippen molar-refractivity contribution in [3.8, 4) is 11.5 Å². The molecule has 0 bridgehead atoms. The van der Waals surface area contributed by atoms with Crippen LogP contribution in [0.1, 0.15) is 22.3 Å². The Labute approximate surface area is 160 Å². The van der Waals surface area contributed by atoms with Crippen LogP contribution in [0.5, 0.6) is 11.5 Å². The van der Waals surface area contributed by atoms with Gasteiger partial charge in [0.25, 0.3) is 0 Å². The number of carbonyl (C=O) groups excluding carboxylic acids is 1. The van der Waals surface area contributed by atoms with Crippen LogP contribution in [-0.4, -0.2) is 37.8 Å². The molecular weight excluding hydrogens is 346 g/mol. The van der Waals surface area contributed by atoms with Gasteiger partial charge in [-0.1, -0.05) is 35.4 Å². The van der Waals surface area contributed by atoms with Gasteiger partial charge < -0.3 is 14.4 Å². The number of thioether (sulfide) groups is 1. The molecule has 1 amide bonds. The lowest BCUT2D eigenvalue weighted by Crippen LogP contribution is -2.27. The number of methoxy groups -OCH3 is 2. The zero-order chi connectivity index (χ0) is 19.1. The standard InChI is InChI=1S/C21H27NO3S/c1-15-8-16(2)10-18(9-15)13-26-14-21(23)22(3)12-17-6-7-19(24-4)20(11-17)25-5/h6-11H,12-14H2,1-5H3. The highest BCUT2D eigenvalue weighted by Gasteiger charge is 2.12. The van der Waals surface area contributed by atoms with Gasteiger partial charge in [0.2, 0.25) is 5.91 Å². The van der Waals surface area contributed by atoms with E-state index in [1.54, 1.807) is 30.9 Å². The number of amides is 1. The quantitative estimate of drug-likeness (QED) is 0.695. The van der Waals surface area contributed by atoms with E-state index in [1.807, 2.05) is 25.2 Å². The predicted molar refractivity (Wildman–Crippen MR) is 108 cm³/mol. The van der Waals surface area contributed by atoms with Crippen molar-refractivity contribution >= 4 is 17.7 Å². The van der Waals surface area contributed by atoms with E-state index in [9.17, 15) is 4.79 Å². The van der Waals surface area contributed by atoms with Gasteiger partial charge in [-0.3, -0.25) is 4.79 Å². The van der Waals surface area contributed by atoms with Crippen LogP contribution in [0.3, 0.4) is 0 Å². The van der Waals surface area contributed by atoms with Crippen LogP contribution in [0, 0.1) is 13.8 Å². The lowest BCUT2D eigenvalue weighted by atomic mass is 10.1. The highest BCUT2D eigenvalue weighted by molar-refractivity contribution is 7.99. The summed E-state index contributed by atoms with van der Waals surface area (Å²) in [5.41, 5.74) is 4.80. The molecule has 0 aliphatic rings. The molecule has 0 radical (unpaired) electrons. The molecule has 0 atom stereocenters. The highest BCUT2D eigenvalue weighted by atomic mass is 32.2. The van der Waals surface area contributed by atoms with Gasteiger partial charge in [-0.05, 0) is 37.1 Å². The van der Waals surface area contributed by atoms with Gasteiger partial charge in [0.15, 0.2) is 11.5 Å². The maximum atomic E-state index is 12.4. The summed E-state index contributed by atoms with van der Waals surface area (Å²) >= 11 is 1.65. The molecule has 5 heteroatoms. The van der Waals surface area contributed by atoms with E-state index < -0.39 is 0 Å². The molecule has 0 aliphatic heterocycles. The maximum absolute atomic E-state index is 12.4. The summed E-state index contributed by atoms with van der Waals surface area (Å²) in [7, 11) is 5.05. The van der Waals surface area contributed by atoms with Gasteiger partial charge >= 0.3 is 0 Å². The molecule has 0 heterocycles. The zero-order valence-electron chi connectivity index (χ0n) is 16.2. The second-order valence-electron chi connectivity index (χ2n) is 6.43. The Kier molecular flexibility index (Phi) is 7.39. The lowest BCUT2D eigenvalue weighted by Gasteiger charge is -2.18. The predicted octanol–water partition coefficient (Wildman–Crippen LogP) is 4.21. The Morgan fingerprint density at radius 1 is 0.962 bits per heavy atom. The molecule has 0 fully saturated rings. The Bertz CT molecular complexity index is 741. The second kappa shape index (κ2) is 9.53. The minimum atomic E-state index is 0.120. The fraction of sp³-hybridized carbons (Fsp3) is 0.381. The molecule has 2 rings (SSSR count). The molecule has 0 N–H and O–H groups in total. The summed E-state index contributed by atoms with van der Waals surface area (Å²) in [6.45, 7) is 4.75. The van der Waals surface area contributed by atoms with Crippen LogP contribution >= 0.6 is 11.8 Å². The average Bonchev–Trinajstić information content (AvgIpc) is 2.60. The van der Waals surface area contributed by atoms with Crippen LogP contribution in [0.25, 0.3) is 0 Å². The van der Waals surface area contributed by atoms with Crippen LogP contribution in [0.2, 0.25) is 0 Å². The van der Waals surface area contributed by atoms with Crippen molar-refractivity contribution < 1.29 is 14.3 Å². The SMILES string of the molecule is COc1ccc(CN(C)C(=O)CSCc2cc(C)cc(C)c2)cc1OC. The molecule has 140 valence electrons. The molecule has 0 saturated carbocycles. The van der Waals surface area contributed by atoms with E-state index in [2.05, 4.69) is 32.0 Å². The van der Waals surface area contributed by atoms with E-state index in [-0.39, 0.29) is 5.91 Å². The number of hydrogen-bond donors (Lipinski definition) is 0. The van der Waals surface area contributed by atoms with Crippen molar-refractivity contribution in [3.05, 3.63) is 58.7 Å². The lowest BCUT2D eigenvalue weighted by molar-refractivity contribution is -0.127. The first kappa shape index (κ1) is 20.2. The summed E-state index contributed by atoms with van der Waals surface area (Å²) in [6, 6.07) is 12.2. The molecule has 4 nitrogen and oxygen atoms in total. The molecule has 0 aliphatic carbocycles. The van der Waals surface area contributed by atoms with Crippen LogP contribution in [0.4, 0.5) is 0 Å². The number of carbonyl (C=O) groups is 1. The first-order valence-corrected chi connectivity index (χ1v) is 9.68. The summed E-state index contributed by atoms with van der Waals surface area (Å²) in [6.07, 6.45) is 0. The molecular formula is C21H27NO3S. The smallest absolute Gasteiger partial charge is 0.232 e. The first-order chi connectivity index (χ1) is 12.4. The average molecular weight is 374 g/mol. The van der Waals surface area contributed by atoms with Crippen molar-refractivity contribution in [2.75, 3.05) is 27.0 Å². The molecule has 2 aromatic carbocycles. The van der Waals surface area contributed by atoms with Crippen molar-refractivity contribution in [1.82, 2.24) is 4.90 Å². The molecule has 0 unspecified atom stereocenters. The van der Waals surface area contributed by atoms with E-state index in [1.165, 1.54) is 16.7 Å². The molecule has 2 aromatic rings. The number of rotatable bonds is 8. The third-order valence-electron chi connectivity index (χ3n) is 4.07. The van der Waals surface area contributed by atoms with Crippen molar-refractivity contribution in [2.45, 2.75) is 26.1 Å². The summed E-state index contributed by atoms with van der Waals surface area (Å²) in [5.74, 6) is 2.80. The number of ether oxygens (including phenoxy) is 2. The molecule has 26 heavy (non-hydrogen) atoms. The Morgan fingerprint density at radius 2 is 1.62 bits per heavy atom. The third kappa shape index (κ3) is 5.70. The highest BCUT2D eigenvalue weighted by Crippen LogP contribution is 2.28. The minimum Gasteiger partial charge on any atom is -0.493 e. The summed E-state index contributed by atoms with van der Waals surface area (Å²) in [5, 5.41) is 0. The fourth-order valence-corrected chi connectivity index (χ4v) is 3.76.